The molecule has 106 valence electrons. The quantitative estimate of drug-likeness (QED) is 0.774. The fourth-order valence-electron chi connectivity index (χ4n) is 2.37. The zero-order valence-corrected chi connectivity index (χ0v) is 13.3. The molecule has 0 aliphatic carbocycles. The number of hydrogen-bond donors (Lipinski definition) is 1. The molecule has 5 heteroatoms. The monoisotopic (exact) mass is 343 g/mol. The van der Waals surface area contributed by atoms with Gasteiger partial charge in [0.1, 0.15) is 5.82 Å². The molecule has 4 nitrogen and oxygen atoms in total. The number of para-hydroxylation sites is 1. The Hall–Kier alpha value is -2.14. The third-order valence-electron chi connectivity index (χ3n) is 3.42. The highest BCUT2D eigenvalue weighted by molar-refractivity contribution is 9.10. The Morgan fingerprint density at radius 2 is 1.90 bits per heavy atom. The first-order valence-corrected chi connectivity index (χ1v) is 7.37. The Bertz CT molecular complexity index is 872. The smallest absolute Gasteiger partial charge is 0.354 e. The van der Waals surface area contributed by atoms with Crippen LogP contribution in [0.3, 0.4) is 0 Å². The van der Waals surface area contributed by atoms with Gasteiger partial charge in [-0.3, -0.25) is 4.57 Å². The highest BCUT2D eigenvalue weighted by atomic mass is 79.9. The van der Waals surface area contributed by atoms with Crippen LogP contribution in [-0.4, -0.2) is 16.6 Å². The van der Waals surface area contributed by atoms with Crippen molar-refractivity contribution in [3.05, 3.63) is 63.0 Å². The minimum absolute atomic E-state index is 0.292. The number of aryl methyl sites for hydroxylation is 1. The zero-order chi connectivity index (χ0) is 15.0. The van der Waals surface area contributed by atoms with Crippen LogP contribution in [0, 0.1) is 6.92 Å². The number of fused-ring (bicyclic) bond motifs is 1. The van der Waals surface area contributed by atoms with E-state index in [1.807, 2.05) is 49.4 Å². The molecule has 0 amide bonds. The Kier molecular flexibility index (Phi) is 3.51. The second-order valence-corrected chi connectivity index (χ2v) is 5.64. The van der Waals surface area contributed by atoms with Crippen LogP contribution in [-0.2, 0) is 0 Å². The van der Waals surface area contributed by atoms with E-state index in [-0.39, 0.29) is 5.69 Å². The molecule has 21 heavy (non-hydrogen) atoms. The average molecular weight is 344 g/mol. The summed E-state index contributed by atoms with van der Waals surface area (Å²) in [4.78, 5) is 16.6. The maximum Gasteiger partial charge on any atom is 0.354 e. The molecule has 0 saturated carbocycles. The van der Waals surface area contributed by atoms with Crippen molar-refractivity contribution in [2.75, 3.05) is 12.4 Å². The summed E-state index contributed by atoms with van der Waals surface area (Å²) in [5.74, 6) is 0.586. The van der Waals surface area contributed by atoms with E-state index < -0.39 is 0 Å². The van der Waals surface area contributed by atoms with Crippen LogP contribution in [0.1, 0.15) is 5.56 Å². The Labute approximate surface area is 130 Å². The van der Waals surface area contributed by atoms with Crippen LogP contribution in [0.15, 0.2) is 51.7 Å². The molecular formula is C16H14BrN3O. The van der Waals surface area contributed by atoms with E-state index in [0.29, 0.717) is 5.82 Å². The van der Waals surface area contributed by atoms with Crippen molar-refractivity contribution in [3.8, 4) is 5.69 Å². The maximum absolute atomic E-state index is 12.4. The lowest BCUT2D eigenvalue weighted by Crippen LogP contribution is -2.23. The van der Waals surface area contributed by atoms with Gasteiger partial charge >= 0.3 is 5.69 Å². The van der Waals surface area contributed by atoms with E-state index in [9.17, 15) is 4.79 Å². The summed E-state index contributed by atoms with van der Waals surface area (Å²) in [6.07, 6.45) is 0. The van der Waals surface area contributed by atoms with Crippen molar-refractivity contribution in [2.45, 2.75) is 6.92 Å². The first-order chi connectivity index (χ1) is 10.1. The molecular weight excluding hydrogens is 330 g/mol. The number of nitrogens with zero attached hydrogens (tertiary/aromatic N) is 2. The van der Waals surface area contributed by atoms with E-state index in [4.69, 9.17) is 0 Å². The van der Waals surface area contributed by atoms with Crippen LogP contribution in [0.4, 0.5) is 5.82 Å². The van der Waals surface area contributed by atoms with Gasteiger partial charge in [0.05, 0.1) is 11.2 Å². The fourth-order valence-corrected chi connectivity index (χ4v) is 2.71. The summed E-state index contributed by atoms with van der Waals surface area (Å²) in [5, 5.41) is 3.89. The Morgan fingerprint density at radius 3 is 2.57 bits per heavy atom. The lowest BCUT2D eigenvalue weighted by atomic mass is 10.1. The van der Waals surface area contributed by atoms with Gasteiger partial charge < -0.3 is 5.32 Å². The summed E-state index contributed by atoms with van der Waals surface area (Å²) >= 11 is 3.54. The van der Waals surface area contributed by atoms with Gasteiger partial charge in [-0.2, -0.15) is 4.98 Å². The summed E-state index contributed by atoms with van der Waals surface area (Å²) in [6.45, 7) is 2.00. The predicted molar refractivity (Wildman–Crippen MR) is 89.3 cm³/mol. The van der Waals surface area contributed by atoms with Crippen molar-refractivity contribution in [1.82, 2.24) is 9.55 Å². The van der Waals surface area contributed by atoms with E-state index in [1.165, 1.54) is 0 Å². The first-order valence-electron chi connectivity index (χ1n) is 6.58. The SMILES string of the molecule is CNc1nc(=O)n(-c2ccccc2)c2cc(C)c(Br)cc12. The van der Waals surface area contributed by atoms with Crippen LogP contribution in [0.2, 0.25) is 0 Å². The second kappa shape index (κ2) is 5.33. The largest absolute Gasteiger partial charge is 0.372 e. The van der Waals surface area contributed by atoms with Crippen molar-refractivity contribution in [1.29, 1.82) is 0 Å². The van der Waals surface area contributed by atoms with Gasteiger partial charge in [-0.15, -0.1) is 0 Å². The molecule has 2 aromatic carbocycles. The molecule has 0 spiro atoms. The fraction of sp³-hybridized carbons (Fsp3) is 0.125. The summed E-state index contributed by atoms with van der Waals surface area (Å²) in [5.41, 5.74) is 2.43. The maximum atomic E-state index is 12.4. The zero-order valence-electron chi connectivity index (χ0n) is 11.7. The van der Waals surface area contributed by atoms with Gasteiger partial charge in [0.15, 0.2) is 0 Å². The summed E-state index contributed by atoms with van der Waals surface area (Å²) in [7, 11) is 1.77. The lowest BCUT2D eigenvalue weighted by Gasteiger charge is -2.14. The van der Waals surface area contributed by atoms with Crippen molar-refractivity contribution in [2.24, 2.45) is 0 Å². The third kappa shape index (κ3) is 2.34. The highest BCUT2D eigenvalue weighted by Gasteiger charge is 2.12. The molecule has 1 N–H and O–H groups in total. The van der Waals surface area contributed by atoms with Crippen LogP contribution in [0.25, 0.3) is 16.6 Å². The molecule has 3 rings (SSSR count). The third-order valence-corrected chi connectivity index (χ3v) is 4.28. The van der Waals surface area contributed by atoms with E-state index in [0.717, 1.165) is 26.6 Å². The molecule has 0 radical (unpaired) electrons. The summed E-state index contributed by atoms with van der Waals surface area (Å²) < 4.78 is 2.63. The number of anilines is 1. The highest BCUT2D eigenvalue weighted by Crippen LogP contribution is 2.28. The van der Waals surface area contributed by atoms with E-state index in [1.54, 1.807) is 11.6 Å². The molecule has 0 unspecified atom stereocenters. The molecule has 3 aromatic rings. The van der Waals surface area contributed by atoms with Crippen LogP contribution >= 0.6 is 15.9 Å². The molecule has 0 aliphatic heterocycles. The van der Waals surface area contributed by atoms with Crippen molar-refractivity contribution >= 4 is 32.7 Å². The summed E-state index contributed by atoms with van der Waals surface area (Å²) in [6, 6.07) is 13.5. The number of aromatic nitrogens is 2. The molecule has 1 aromatic heterocycles. The van der Waals surface area contributed by atoms with Gasteiger partial charge in [0.25, 0.3) is 0 Å². The number of hydrogen-bond acceptors (Lipinski definition) is 3. The topological polar surface area (TPSA) is 46.9 Å². The van der Waals surface area contributed by atoms with Gasteiger partial charge in [-0.1, -0.05) is 34.1 Å². The van der Waals surface area contributed by atoms with Gasteiger partial charge in [-0.05, 0) is 36.8 Å². The average Bonchev–Trinajstić information content (AvgIpc) is 2.49. The van der Waals surface area contributed by atoms with Crippen molar-refractivity contribution in [3.63, 3.8) is 0 Å². The molecule has 0 aliphatic rings. The van der Waals surface area contributed by atoms with Crippen molar-refractivity contribution < 1.29 is 0 Å². The first kappa shape index (κ1) is 13.8. The Balaban J connectivity index is 2.48. The number of benzene rings is 2. The predicted octanol–water partition coefficient (Wildman–Crippen LogP) is 3.50. The van der Waals surface area contributed by atoms with Gasteiger partial charge in [0.2, 0.25) is 0 Å². The standard InChI is InChI=1S/C16H14BrN3O/c1-10-8-14-12(9-13(10)17)15(18-2)19-16(21)20(14)11-6-4-3-5-7-11/h3-9H,1-2H3,(H,18,19,21). The molecule has 0 atom stereocenters. The Morgan fingerprint density at radius 1 is 1.19 bits per heavy atom. The lowest BCUT2D eigenvalue weighted by molar-refractivity contribution is 0.960. The minimum atomic E-state index is -0.292. The normalized spacial score (nSPS) is 10.8. The van der Waals surface area contributed by atoms with E-state index in [2.05, 4.69) is 26.2 Å². The van der Waals surface area contributed by atoms with E-state index >= 15 is 0 Å². The number of halogens is 1. The molecule has 1 heterocycles. The van der Waals surface area contributed by atoms with Gasteiger partial charge in [0, 0.05) is 16.9 Å². The van der Waals surface area contributed by atoms with Crippen LogP contribution in [0.5, 0.6) is 0 Å². The second-order valence-electron chi connectivity index (χ2n) is 4.78. The number of rotatable bonds is 2. The molecule has 0 saturated heterocycles. The van der Waals surface area contributed by atoms with Crippen LogP contribution < -0.4 is 11.0 Å². The molecule has 0 fully saturated rings. The van der Waals surface area contributed by atoms with Gasteiger partial charge in [-0.25, -0.2) is 4.79 Å². The number of nitrogens with one attached hydrogen (secondary N) is 1. The molecule has 0 bridgehead atoms. The minimum Gasteiger partial charge on any atom is -0.372 e.